The molecule has 1 aliphatic rings. The number of rotatable bonds is 5. The van der Waals surface area contributed by atoms with Crippen molar-refractivity contribution in [2.45, 2.75) is 32.0 Å². The first-order valence-electron chi connectivity index (χ1n) is 11.9. The predicted molar refractivity (Wildman–Crippen MR) is 162 cm³/mol. The van der Waals surface area contributed by atoms with Gasteiger partial charge in [-0.25, -0.2) is 5.43 Å². The van der Waals surface area contributed by atoms with Crippen molar-refractivity contribution in [2.75, 3.05) is 4.90 Å². The van der Waals surface area contributed by atoms with E-state index in [0.29, 0.717) is 5.90 Å². The van der Waals surface area contributed by atoms with Crippen LogP contribution in [-0.4, -0.2) is 5.90 Å². The molecule has 0 amide bonds. The molecule has 1 heterocycles. The fraction of sp³-hybridized carbons (Fsp3) is 0.167. The number of benzene rings is 4. The first kappa shape index (κ1) is 26.0. The Kier molecular flexibility index (Phi) is 7.22. The van der Waals surface area contributed by atoms with Gasteiger partial charge in [0.25, 0.3) is 0 Å². The summed E-state index contributed by atoms with van der Waals surface area (Å²) in [4.78, 5) is 2.13. The zero-order valence-corrected chi connectivity index (χ0v) is 25.4. The molecule has 1 unspecified atom stereocenters. The smallest absolute Gasteiger partial charge is 0.310 e. The Morgan fingerprint density at radius 1 is 0.676 bits per heavy atom. The molecule has 1 aliphatic heterocycles. The predicted octanol–water partition coefficient (Wildman–Crippen LogP) is 9.20. The third-order valence-corrected chi connectivity index (χ3v) is 7.86. The number of hydrazone groups is 1. The average molecular weight is 684 g/mol. The van der Waals surface area contributed by atoms with Crippen molar-refractivity contribution < 1.29 is 4.74 Å². The van der Waals surface area contributed by atoms with Crippen LogP contribution in [0.1, 0.15) is 37.5 Å². The van der Waals surface area contributed by atoms with E-state index in [2.05, 4.69) is 127 Å². The van der Waals surface area contributed by atoms with Crippen LogP contribution in [0.2, 0.25) is 0 Å². The van der Waals surface area contributed by atoms with Crippen LogP contribution >= 0.6 is 47.8 Å². The second-order valence-electron chi connectivity index (χ2n) is 9.90. The van der Waals surface area contributed by atoms with E-state index in [1.165, 1.54) is 5.56 Å². The van der Waals surface area contributed by atoms with E-state index in [0.717, 1.165) is 35.9 Å². The average Bonchev–Trinajstić information content (AvgIpc) is 3.32. The highest BCUT2D eigenvalue weighted by Gasteiger charge is 2.47. The molecule has 7 heteroatoms. The van der Waals surface area contributed by atoms with E-state index >= 15 is 0 Å². The summed E-state index contributed by atoms with van der Waals surface area (Å²) in [7, 11) is 0. The normalized spacial score (nSPS) is 17.1. The van der Waals surface area contributed by atoms with Gasteiger partial charge < -0.3 is 4.74 Å². The van der Waals surface area contributed by atoms with Crippen molar-refractivity contribution in [3.05, 3.63) is 127 Å². The molecule has 4 nitrogen and oxygen atoms in total. The van der Waals surface area contributed by atoms with Gasteiger partial charge in [0, 0.05) is 35.9 Å². The topological polar surface area (TPSA) is 36.9 Å². The van der Waals surface area contributed by atoms with Crippen LogP contribution in [0.3, 0.4) is 0 Å². The van der Waals surface area contributed by atoms with Gasteiger partial charge >= 0.3 is 5.85 Å². The highest BCUT2D eigenvalue weighted by atomic mass is 79.9. The zero-order valence-electron chi connectivity index (χ0n) is 20.7. The molecule has 188 valence electrons. The van der Waals surface area contributed by atoms with Crippen LogP contribution in [0.5, 0.6) is 0 Å². The second kappa shape index (κ2) is 10.3. The number of nitrogens with zero attached hydrogens (tertiary/aromatic N) is 2. The van der Waals surface area contributed by atoms with Gasteiger partial charge in [0.1, 0.15) is 0 Å². The van der Waals surface area contributed by atoms with Gasteiger partial charge in [-0.05, 0) is 95.9 Å². The van der Waals surface area contributed by atoms with E-state index in [9.17, 15) is 0 Å². The zero-order chi connectivity index (χ0) is 26.2. The van der Waals surface area contributed by atoms with Crippen molar-refractivity contribution in [1.29, 1.82) is 0 Å². The van der Waals surface area contributed by atoms with Crippen molar-refractivity contribution >= 4 is 65.1 Å². The Morgan fingerprint density at radius 3 is 1.59 bits per heavy atom. The maximum absolute atomic E-state index is 6.84. The summed E-state index contributed by atoms with van der Waals surface area (Å²) in [6, 6.07) is 32.9. The standard InChI is InChI=1S/C30H26Br3N3O/c1-29(2,3)21-6-4-20(5-7-21)28-34-35-30(37-28,22-8-10-23(31)11-9-22)36(26-16-12-24(32)13-17-26)27-18-14-25(33)15-19-27/h4-19,35H,1-3H3. The quantitative estimate of drug-likeness (QED) is 0.228. The monoisotopic (exact) mass is 681 g/mol. The fourth-order valence-electron chi connectivity index (χ4n) is 4.27. The van der Waals surface area contributed by atoms with Gasteiger partial charge in [0.15, 0.2) is 0 Å². The number of halogens is 3. The molecular formula is C30H26Br3N3O. The summed E-state index contributed by atoms with van der Waals surface area (Å²) < 4.78 is 9.83. The molecule has 4 aromatic rings. The first-order chi connectivity index (χ1) is 17.7. The third kappa shape index (κ3) is 5.35. The van der Waals surface area contributed by atoms with Crippen molar-refractivity contribution in [1.82, 2.24) is 5.43 Å². The van der Waals surface area contributed by atoms with E-state index in [1.807, 2.05) is 48.5 Å². The van der Waals surface area contributed by atoms with Gasteiger partial charge in [-0.1, -0.05) is 80.7 Å². The van der Waals surface area contributed by atoms with Crippen LogP contribution in [0.15, 0.2) is 116 Å². The second-order valence-corrected chi connectivity index (χ2v) is 12.6. The summed E-state index contributed by atoms with van der Waals surface area (Å²) in [5, 5.41) is 4.73. The highest BCUT2D eigenvalue weighted by Crippen LogP contribution is 2.42. The molecule has 0 aromatic heterocycles. The Bertz CT molecular complexity index is 1370. The molecule has 0 fully saturated rings. The fourth-order valence-corrected chi connectivity index (χ4v) is 5.06. The minimum atomic E-state index is -1.12. The molecule has 0 radical (unpaired) electrons. The Morgan fingerprint density at radius 2 is 1.14 bits per heavy atom. The maximum Gasteiger partial charge on any atom is 0.310 e. The van der Waals surface area contributed by atoms with Gasteiger partial charge in [-0.15, -0.1) is 5.10 Å². The molecule has 0 aliphatic carbocycles. The summed E-state index contributed by atoms with van der Waals surface area (Å²) in [5.74, 6) is -0.594. The van der Waals surface area contributed by atoms with Crippen LogP contribution in [0.25, 0.3) is 0 Å². The number of nitrogens with one attached hydrogen (secondary N) is 1. The van der Waals surface area contributed by atoms with Crippen molar-refractivity contribution in [3.63, 3.8) is 0 Å². The van der Waals surface area contributed by atoms with E-state index < -0.39 is 5.85 Å². The SMILES string of the molecule is CC(C)(C)c1ccc(C2=NNC(c3ccc(Br)cc3)(N(c3ccc(Br)cc3)c3ccc(Br)cc3)O2)cc1. The minimum absolute atomic E-state index is 0.0657. The highest BCUT2D eigenvalue weighted by molar-refractivity contribution is 9.11. The number of hydrogen-bond acceptors (Lipinski definition) is 4. The lowest BCUT2D eigenvalue weighted by Gasteiger charge is -2.41. The maximum atomic E-state index is 6.84. The summed E-state index contributed by atoms with van der Waals surface area (Å²) >= 11 is 10.7. The third-order valence-electron chi connectivity index (χ3n) is 6.27. The first-order valence-corrected chi connectivity index (χ1v) is 14.3. The molecule has 5 rings (SSSR count). The molecule has 0 bridgehead atoms. The van der Waals surface area contributed by atoms with Crippen LogP contribution < -0.4 is 10.3 Å². The van der Waals surface area contributed by atoms with Crippen LogP contribution in [0, 0.1) is 0 Å². The Labute approximate surface area is 243 Å². The van der Waals surface area contributed by atoms with E-state index in [-0.39, 0.29) is 5.41 Å². The van der Waals surface area contributed by atoms with Crippen molar-refractivity contribution in [2.24, 2.45) is 5.10 Å². The number of ether oxygens (including phenoxy) is 1. The lowest BCUT2D eigenvalue weighted by Crippen LogP contribution is -2.52. The summed E-state index contributed by atoms with van der Waals surface area (Å²) in [5.41, 5.74) is 8.41. The minimum Gasteiger partial charge on any atom is -0.425 e. The van der Waals surface area contributed by atoms with Gasteiger partial charge in [-0.3, -0.25) is 4.90 Å². The molecule has 4 aromatic carbocycles. The van der Waals surface area contributed by atoms with Crippen molar-refractivity contribution in [3.8, 4) is 0 Å². The largest absolute Gasteiger partial charge is 0.425 e. The Balaban J connectivity index is 1.64. The molecular weight excluding hydrogens is 658 g/mol. The summed E-state index contributed by atoms with van der Waals surface area (Å²) in [6.45, 7) is 6.63. The summed E-state index contributed by atoms with van der Waals surface area (Å²) in [6.07, 6.45) is 0. The molecule has 0 spiro atoms. The van der Waals surface area contributed by atoms with Gasteiger partial charge in [0.2, 0.25) is 5.90 Å². The van der Waals surface area contributed by atoms with Gasteiger partial charge in [0.05, 0.1) is 0 Å². The number of anilines is 2. The molecule has 0 saturated carbocycles. The number of hydrogen-bond donors (Lipinski definition) is 1. The van der Waals surface area contributed by atoms with Crippen LogP contribution in [0.4, 0.5) is 11.4 Å². The lowest BCUT2D eigenvalue weighted by molar-refractivity contribution is 0.0528. The van der Waals surface area contributed by atoms with Crippen LogP contribution in [-0.2, 0) is 16.0 Å². The molecule has 1 atom stereocenters. The van der Waals surface area contributed by atoms with Gasteiger partial charge in [-0.2, -0.15) is 0 Å². The lowest BCUT2D eigenvalue weighted by atomic mass is 9.87. The molecule has 1 N–H and O–H groups in total. The Hall–Kier alpha value is -2.61. The van der Waals surface area contributed by atoms with E-state index in [1.54, 1.807) is 0 Å². The molecule has 0 saturated heterocycles. The molecule has 37 heavy (non-hydrogen) atoms. The van der Waals surface area contributed by atoms with E-state index in [4.69, 9.17) is 9.84 Å².